The number of nitrogens with one attached hydrogen (secondary N) is 1. The predicted octanol–water partition coefficient (Wildman–Crippen LogP) is 1.01. The lowest BCUT2D eigenvalue weighted by Crippen LogP contribution is -2.26. The Morgan fingerprint density at radius 1 is 1.45 bits per heavy atom. The lowest BCUT2D eigenvalue weighted by Gasteiger charge is -2.19. The summed E-state index contributed by atoms with van der Waals surface area (Å²) in [6.45, 7) is 2.25. The molecule has 0 unspecified atom stereocenters. The van der Waals surface area contributed by atoms with Gasteiger partial charge in [-0.3, -0.25) is 0 Å². The number of rotatable bonds is 1. The Balaban J connectivity index is 2.04. The molecule has 0 bridgehead atoms. The van der Waals surface area contributed by atoms with Gasteiger partial charge in [0.1, 0.15) is 0 Å². The molecular weight excluding hydrogens is 158 g/mol. The normalized spacial score (nSPS) is 20.4. The van der Waals surface area contributed by atoms with Gasteiger partial charge in [0.25, 0.3) is 0 Å². The van der Waals surface area contributed by atoms with Gasteiger partial charge in [-0.1, -0.05) is 0 Å². The highest BCUT2D eigenvalue weighted by Gasteiger charge is 2.16. The Hall–Kier alpha value is -0.480. The first kappa shape index (κ1) is 7.18. The molecular formula is C7H11N3S. The molecule has 2 heterocycles. The van der Waals surface area contributed by atoms with Gasteiger partial charge in [-0.15, -0.1) is 0 Å². The van der Waals surface area contributed by atoms with Crippen LogP contribution in [0.3, 0.4) is 0 Å². The minimum absolute atomic E-state index is 0.662. The molecule has 1 saturated heterocycles. The van der Waals surface area contributed by atoms with E-state index in [0.29, 0.717) is 5.92 Å². The van der Waals surface area contributed by atoms with Crippen molar-refractivity contribution in [3.63, 3.8) is 0 Å². The first-order valence-corrected chi connectivity index (χ1v) is 4.68. The lowest BCUT2D eigenvalue weighted by molar-refractivity contribution is 0.455. The molecule has 1 aromatic rings. The summed E-state index contributed by atoms with van der Waals surface area (Å²) in [7, 11) is 0. The number of hydrogen-bond donors (Lipinski definition) is 1. The summed E-state index contributed by atoms with van der Waals surface area (Å²) in [5.41, 5.74) is 1.19. The van der Waals surface area contributed by atoms with Gasteiger partial charge in [-0.2, -0.15) is 8.75 Å². The second kappa shape index (κ2) is 3.28. The molecule has 1 aromatic heterocycles. The van der Waals surface area contributed by atoms with Crippen molar-refractivity contribution >= 4 is 11.7 Å². The van der Waals surface area contributed by atoms with Crippen molar-refractivity contribution in [3.8, 4) is 0 Å². The lowest BCUT2D eigenvalue weighted by atomic mass is 9.95. The molecule has 1 fully saturated rings. The topological polar surface area (TPSA) is 37.8 Å². The molecule has 0 amide bonds. The summed E-state index contributed by atoms with van der Waals surface area (Å²) >= 11 is 1.31. The highest BCUT2D eigenvalue weighted by Crippen LogP contribution is 2.22. The van der Waals surface area contributed by atoms with E-state index in [4.69, 9.17) is 0 Å². The molecule has 1 aliphatic rings. The minimum atomic E-state index is 0.662. The molecule has 3 nitrogen and oxygen atoms in total. The molecule has 11 heavy (non-hydrogen) atoms. The zero-order valence-electron chi connectivity index (χ0n) is 6.29. The number of hydrogen-bond acceptors (Lipinski definition) is 4. The summed E-state index contributed by atoms with van der Waals surface area (Å²) < 4.78 is 8.25. The van der Waals surface area contributed by atoms with Crippen LogP contribution in [-0.4, -0.2) is 21.8 Å². The van der Waals surface area contributed by atoms with Gasteiger partial charge in [0.2, 0.25) is 0 Å². The van der Waals surface area contributed by atoms with Crippen LogP contribution >= 0.6 is 11.7 Å². The maximum Gasteiger partial charge on any atom is 0.0774 e. The van der Waals surface area contributed by atoms with Crippen LogP contribution in [0.15, 0.2) is 6.20 Å². The highest BCUT2D eigenvalue weighted by molar-refractivity contribution is 6.99. The molecule has 0 saturated carbocycles. The maximum absolute atomic E-state index is 4.24. The standard InChI is InChI=1S/C7H11N3S/c1-3-8-4-2-6(1)7-5-9-11-10-7/h5-6,8H,1-4H2. The van der Waals surface area contributed by atoms with E-state index in [1.165, 1.54) is 30.3 Å². The van der Waals surface area contributed by atoms with E-state index >= 15 is 0 Å². The summed E-state index contributed by atoms with van der Waals surface area (Å²) in [5, 5.41) is 3.33. The number of piperidine rings is 1. The Labute approximate surface area is 70.2 Å². The van der Waals surface area contributed by atoms with Gasteiger partial charge in [0, 0.05) is 5.92 Å². The summed E-state index contributed by atoms with van der Waals surface area (Å²) in [4.78, 5) is 0. The quantitative estimate of drug-likeness (QED) is 0.681. The van der Waals surface area contributed by atoms with Crippen molar-refractivity contribution in [3.05, 3.63) is 11.9 Å². The van der Waals surface area contributed by atoms with Crippen LogP contribution in [0.2, 0.25) is 0 Å². The Morgan fingerprint density at radius 2 is 2.27 bits per heavy atom. The Bertz CT molecular complexity index is 203. The average molecular weight is 169 g/mol. The first-order chi connectivity index (χ1) is 5.47. The van der Waals surface area contributed by atoms with Crippen molar-refractivity contribution in [1.29, 1.82) is 0 Å². The van der Waals surface area contributed by atoms with Gasteiger partial charge in [0.05, 0.1) is 23.6 Å². The van der Waals surface area contributed by atoms with Crippen molar-refractivity contribution in [2.45, 2.75) is 18.8 Å². The first-order valence-electron chi connectivity index (χ1n) is 3.95. The van der Waals surface area contributed by atoms with Gasteiger partial charge in [-0.25, -0.2) is 0 Å². The summed E-state index contributed by atoms with van der Waals surface area (Å²) in [6, 6.07) is 0. The third-order valence-corrected chi connectivity index (χ3v) is 2.63. The molecule has 1 N–H and O–H groups in total. The molecule has 0 atom stereocenters. The van der Waals surface area contributed by atoms with Crippen LogP contribution in [0.5, 0.6) is 0 Å². The van der Waals surface area contributed by atoms with Crippen LogP contribution in [-0.2, 0) is 0 Å². The SMILES string of the molecule is c1nsnc1C1CCNCC1. The van der Waals surface area contributed by atoms with E-state index in [1.54, 1.807) is 0 Å². The van der Waals surface area contributed by atoms with E-state index in [2.05, 4.69) is 14.1 Å². The second-order valence-electron chi connectivity index (χ2n) is 2.86. The molecule has 60 valence electrons. The molecule has 0 aliphatic carbocycles. The molecule has 0 spiro atoms. The van der Waals surface area contributed by atoms with Crippen molar-refractivity contribution in [2.75, 3.05) is 13.1 Å². The fraction of sp³-hybridized carbons (Fsp3) is 0.714. The van der Waals surface area contributed by atoms with Crippen LogP contribution in [0, 0.1) is 0 Å². The van der Waals surface area contributed by atoms with Crippen molar-refractivity contribution in [2.24, 2.45) is 0 Å². The van der Waals surface area contributed by atoms with Crippen LogP contribution in [0.1, 0.15) is 24.5 Å². The van der Waals surface area contributed by atoms with Gasteiger partial charge in [-0.05, 0) is 25.9 Å². The third-order valence-electron chi connectivity index (χ3n) is 2.14. The Kier molecular flexibility index (Phi) is 2.14. The molecule has 2 rings (SSSR count). The second-order valence-corrected chi connectivity index (χ2v) is 3.41. The Morgan fingerprint density at radius 3 is 2.91 bits per heavy atom. The fourth-order valence-electron chi connectivity index (χ4n) is 1.47. The van der Waals surface area contributed by atoms with Crippen LogP contribution in [0.25, 0.3) is 0 Å². The van der Waals surface area contributed by atoms with E-state index in [1.807, 2.05) is 6.20 Å². The highest BCUT2D eigenvalue weighted by atomic mass is 32.1. The van der Waals surface area contributed by atoms with E-state index in [9.17, 15) is 0 Å². The zero-order chi connectivity index (χ0) is 7.52. The maximum atomic E-state index is 4.24. The molecule has 1 aliphatic heterocycles. The number of nitrogens with zero attached hydrogens (tertiary/aromatic N) is 2. The van der Waals surface area contributed by atoms with Gasteiger partial charge < -0.3 is 5.32 Å². The summed E-state index contributed by atoms with van der Waals surface area (Å²) in [6.07, 6.45) is 4.33. The molecule has 0 aromatic carbocycles. The van der Waals surface area contributed by atoms with E-state index < -0.39 is 0 Å². The van der Waals surface area contributed by atoms with Crippen LogP contribution in [0.4, 0.5) is 0 Å². The monoisotopic (exact) mass is 169 g/mol. The van der Waals surface area contributed by atoms with Gasteiger partial charge in [0.15, 0.2) is 0 Å². The number of aromatic nitrogens is 2. The largest absolute Gasteiger partial charge is 0.317 e. The third kappa shape index (κ3) is 1.57. The average Bonchev–Trinajstić information content (AvgIpc) is 2.58. The van der Waals surface area contributed by atoms with Crippen LogP contribution < -0.4 is 5.32 Å². The fourth-order valence-corrected chi connectivity index (χ4v) is 1.96. The van der Waals surface area contributed by atoms with E-state index in [0.717, 1.165) is 13.1 Å². The zero-order valence-corrected chi connectivity index (χ0v) is 7.10. The van der Waals surface area contributed by atoms with E-state index in [-0.39, 0.29) is 0 Å². The molecule has 0 radical (unpaired) electrons. The van der Waals surface area contributed by atoms with Gasteiger partial charge >= 0.3 is 0 Å². The van der Waals surface area contributed by atoms with Crippen molar-refractivity contribution in [1.82, 2.24) is 14.1 Å². The van der Waals surface area contributed by atoms with Crippen molar-refractivity contribution < 1.29 is 0 Å². The predicted molar refractivity (Wildman–Crippen MR) is 44.8 cm³/mol. The summed E-state index contributed by atoms with van der Waals surface area (Å²) in [5.74, 6) is 0.662. The minimum Gasteiger partial charge on any atom is -0.317 e. The smallest absolute Gasteiger partial charge is 0.0774 e. The molecule has 4 heteroatoms.